The first kappa shape index (κ1) is 13.5. The predicted molar refractivity (Wildman–Crippen MR) is 87.3 cm³/mol. The van der Waals surface area contributed by atoms with E-state index >= 15 is 0 Å². The average molecular weight is 303 g/mol. The average Bonchev–Trinajstić information content (AvgIpc) is 2.97. The van der Waals surface area contributed by atoms with E-state index in [2.05, 4.69) is 15.6 Å². The zero-order chi connectivity index (χ0) is 15.8. The molecule has 3 aromatic rings. The van der Waals surface area contributed by atoms with Crippen LogP contribution in [0.25, 0.3) is 10.9 Å². The molecule has 1 aromatic heterocycles. The van der Waals surface area contributed by atoms with Gasteiger partial charge in [-0.3, -0.25) is 9.59 Å². The van der Waals surface area contributed by atoms with Crippen molar-refractivity contribution in [2.45, 2.75) is 6.54 Å². The van der Waals surface area contributed by atoms with E-state index in [9.17, 15) is 9.59 Å². The van der Waals surface area contributed by atoms with Gasteiger partial charge in [0, 0.05) is 28.7 Å². The van der Waals surface area contributed by atoms with Gasteiger partial charge in [-0.2, -0.15) is 0 Å². The Morgan fingerprint density at radius 3 is 2.83 bits per heavy atom. The van der Waals surface area contributed by atoms with Gasteiger partial charge in [-0.05, 0) is 24.3 Å². The normalized spacial score (nSPS) is 12.8. The van der Waals surface area contributed by atoms with Gasteiger partial charge >= 0.3 is 0 Å². The molecule has 0 aliphatic carbocycles. The highest BCUT2D eigenvalue weighted by Crippen LogP contribution is 2.24. The lowest BCUT2D eigenvalue weighted by Crippen LogP contribution is -2.15. The SMILES string of the molecule is O=C(Nc1cccc2c1CNC2=O)c1ccc2ccccc2n1. The molecular formula is C18H13N3O2. The van der Waals surface area contributed by atoms with E-state index in [1.807, 2.05) is 30.3 Å². The summed E-state index contributed by atoms with van der Waals surface area (Å²) in [5, 5.41) is 6.59. The van der Waals surface area contributed by atoms with Gasteiger partial charge in [0.15, 0.2) is 0 Å². The van der Waals surface area contributed by atoms with Crippen molar-refractivity contribution < 1.29 is 9.59 Å². The van der Waals surface area contributed by atoms with Gasteiger partial charge in [0.2, 0.25) is 0 Å². The van der Waals surface area contributed by atoms with Gasteiger partial charge in [0.05, 0.1) is 5.52 Å². The molecular weight excluding hydrogens is 290 g/mol. The summed E-state index contributed by atoms with van der Waals surface area (Å²) in [6.45, 7) is 0.426. The van der Waals surface area contributed by atoms with Crippen molar-refractivity contribution in [2.24, 2.45) is 0 Å². The smallest absolute Gasteiger partial charge is 0.274 e. The Morgan fingerprint density at radius 2 is 1.91 bits per heavy atom. The summed E-state index contributed by atoms with van der Waals surface area (Å²) in [4.78, 5) is 28.5. The first-order chi connectivity index (χ1) is 11.2. The maximum atomic E-state index is 12.5. The second-order valence-electron chi connectivity index (χ2n) is 5.36. The monoisotopic (exact) mass is 303 g/mol. The van der Waals surface area contributed by atoms with Crippen LogP contribution in [-0.2, 0) is 6.54 Å². The number of carbonyl (C=O) groups excluding carboxylic acids is 2. The fourth-order valence-corrected chi connectivity index (χ4v) is 2.75. The minimum Gasteiger partial charge on any atom is -0.348 e. The number of hydrogen-bond acceptors (Lipinski definition) is 3. The lowest BCUT2D eigenvalue weighted by Gasteiger charge is -2.09. The van der Waals surface area contributed by atoms with Crippen LogP contribution in [0.15, 0.2) is 54.6 Å². The fraction of sp³-hybridized carbons (Fsp3) is 0.0556. The third kappa shape index (κ3) is 2.32. The highest BCUT2D eigenvalue weighted by Gasteiger charge is 2.22. The van der Waals surface area contributed by atoms with Crippen molar-refractivity contribution in [3.63, 3.8) is 0 Å². The molecule has 1 aliphatic heterocycles. The number of pyridine rings is 1. The lowest BCUT2D eigenvalue weighted by atomic mass is 10.1. The van der Waals surface area contributed by atoms with Gasteiger partial charge in [0.1, 0.15) is 5.69 Å². The topological polar surface area (TPSA) is 71.1 Å². The van der Waals surface area contributed by atoms with Gasteiger partial charge in [-0.1, -0.05) is 30.3 Å². The Bertz CT molecular complexity index is 950. The van der Waals surface area contributed by atoms with Crippen molar-refractivity contribution in [1.82, 2.24) is 10.3 Å². The maximum absolute atomic E-state index is 12.5. The quantitative estimate of drug-likeness (QED) is 0.764. The van der Waals surface area contributed by atoms with E-state index in [1.165, 1.54) is 0 Å². The molecule has 0 fully saturated rings. The van der Waals surface area contributed by atoms with Crippen LogP contribution in [0.1, 0.15) is 26.4 Å². The number of amides is 2. The highest BCUT2D eigenvalue weighted by molar-refractivity contribution is 6.06. The first-order valence-electron chi connectivity index (χ1n) is 7.29. The summed E-state index contributed by atoms with van der Waals surface area (Å²) in [5.74, 6) is -0.400. The van der Waals surface area contributed by atoms with Gasteiger partial charge in [-0.15, -0.1) is 0 Å². The van der Waals surface area contributed by atoms with E-state index < -0.39 is 0 Å². The summed E-state index contributed by atoms with van der Waals surface area (Å²) in [6.07, 6.45) is 0. The minimum atomic E-state index is -0.288. The standard InChI is InChI=1S/C18H13N3O2/c22-17-12-5-3-7-15(13(12)10-19-17)21-18(23)16-9-8-11-4-1-2-6-14(11)20-16/h1-9H,10H2,(H,19,22)(H,21,23). The first-order valence-corrected chi connectivity index (χ1v) is 7.29. The van der Waals surface area contributed by atoms with Crippen LogP contribution in [0.3, 0.4) is 0 Å². The van der Waals surface area contributed by atoms with Crippen LogP contribution >= 0.6 is 0 Å². The molecule has 2 N–H and O–H groups in total. The largest absolute Gasteiger partial charge is 0.348 e. The van der Waals surface area contributed by atoms with Crippen LogP contribution in [0.5, 0.6) is 0 Å². The number of nitrogens with zero attached hydrogens (tertiary/aromatic N) is 1. The number of carbonyl (C=O) groups is 2. The fourth-order valence-electron chi connectivity index (χ4n) is 2.75. The molecule has 2 heterocycles. The summed E-state index contributed by atoms with van der Waals surface area (Å²) in [6, 6.07) is 16.5. The van der Waals surface area contributed by atoms with Crippen molar-refractivity contribution in [3.05, 3.63) is 71.4 Å². The van der Waals surface area contributed by atoms with Gasteiger partial charge in [-0.25, -0.2) is 4.98 Å². The molecule has 4 rings (SSSR count). The number of benzene rings is 2. The summed E-state index contributed by atoms with van der Waals surface area (Å²) in [5.41, 5.74) is 3.18. The number of aromatic nitrogens is 1. The third-order valence-corrected chi connectivity index (χ3v) is 3.93. The Hall–Kier alpha value is -3.21. The zero-order valence-electron chi connectivity index (χ0n) is 12.2. The molecule has 5 heteroatoms. The van der Waals surface area contributed by atoms with Crippen LogP contribution in [0.2, 0.25) is 0 Å². The zero-order valence-corrected chi connectivity index (χ0v) is 12.2. The van der Waals surface area contributed by atoms with Crippen LogP contribution < -0.4 is 10.6 Å². The summed E-state index contributed by atoms with van der Waals surface area (Å²) < 4.78 is 0. The molecule has 2 aromatic carbocycles. The molecule has 5 nitrogen and oxygen atoms in total. The summed E-state index contributed by atoms with van der Waals surface area (Å²) in [7, 11) is 0. The Morgan fingerprint density at radius 1 is 1.04 bits per heavy atom. The second-order valence-corrected chi connectivity index (χ2v) is 5.36. The van der Waals surface area contributed by atoms with Crippen molar-refractivity contribution >= 4 is 28.4 Å². The van der Waals surface area contributed by atoms with Crippen LogP contribution in [0.4, 0.5) is 5.69 Å². The van der Waals surface area contributed by atoms with Crippen molar-refractivity contribution in [1.29, 1.82) is 0 Å². The number of anilines is 1. The molecule has 1 aliphatic rings. The van der Waals surface area contributed by atoms with E-state index in [0.29, 0.717) is 23.5 Å². The van der Waals surface area contributed by atoms with Crippen molar-refractivity contribution in [3.8, 4) is 0 Å². The maximum Gasteiger partial charge on any atom is 0.274 e. The van der Waals surface area contributed by atoms with E-state index in [4.69, 9.17) is 0 Å². The molecule has 112 valence electrons. The molecule has 23 heavy (non-hydrogen) atoms. The second kappa shape index (κ2) is 5.21. The van der Waals surface area contributed by atoms with E-state index in [1.54, 1.807) is 24.3 Å². The molecule has 2 amide bonds. The number of fused-ring (bicyclic) bond motifs is 2. The molecule has 0 spiro atoms. The number of rotatable bonds is 2. The molecule has 0 saturated carbocycles. The lowest BCUT2D eigenvalue weighted by molar-refractivity contribution is 0.0964. The molecule has 0 saturated heterocycles. The predicted octanol–water partition coefficient (Wildman–Crippen LogP) is 2.73. The summed E-state index contributed by atoms with van der Waals surface area (Å²) >= 11 is 0. The van der Waals surface area contributed by atoms with E-state index in [-0.39, 0.29) is 11.8 Å². The molecule has 0 radical (unpaired) electrons. The number of para-hydroxylation sites is 1. The third-order valence-electron chi connectivity index (χ3n) is 3.93. The van der Waals surface area contributed by atoms with Gasteiger partial charge < -0.3 is 10.6 Å². The van der Waals surface area contributed by atoms with Crippen molar-refractivity contribution in [2.75, 3.05) is 5.32 Å². The Labute approximate surface area is 132 Å². The molecule has 0 unspecified atom stereocenters. The van der Waals surface area contributed by atoms with Crippen LogP contribution in [-0.4, -0.2) is 16.8 Å². The Kier molecular flexibility index (Phi) is 3.05. The van der Waals surface area contributed by atoms with Gasteiger partial charge in [0.25, 0.3) is 11.8 Å². The van der Waals surface area contributed by atoms with Crippen LogP contribution in [0, 0.1) is 0 Å². The number of nitrogens with one attached hydrogen (secondary N) is 2. The Balaban J connectivity index is 1.66. The minimum absolute atomic E-state index is 0.111. The molecule has 0 bridgehead atoms. The number of hydrogen-bond donors (Lipinski definition) is 2. The highest BCUT2D eigenvalue weighted by atomic mass is 16.2. The van der Waals surface area contributed by atoms with E-state index in [0.717, 1.165) is 16.5 Å². The molecule has 0 atom stereocenters.